The van der Waals surface area contributed by atoms with Gasteiger partial charge in [-0.05, 0) is 31.2 Å². The molecule has 1 aromatic heterocycles. The Bertz CT molecular complexity index is 1070. The fourth-order valence-electron chi connectivity index (χ4n) is 2.78. The van der Waals surface area contributed by atoms with Gasteiger partial charge in [0.2, 0.25) is 5.95 Å². The highest BCUT2D eigenvalue weighted by atomic mass is 16.6. The third-order valence-corrected chi connectivity index (χ3v) is 4.24. The standard InChI is InChI=1S/C21H18N4O4/c1-13(26)14-3-2-4-16(9-14)25-21-22-11-15(12-23-21)20(27)24-17-5-6-18-19(10-17)29-8-7-28-18/h2-6,9-12H,7-8H2,1H3,(H,24,27)(H,22,23,25). The molecule has 0 aliphatic carbocycles. The molecule has 0 bridgehead atoms. The first kappa shape index (κ1) is 18.4. The van der Waals surface area contributed by atoms with E-state index in [1.807, 2.05) is 0 Å². The molecule has 0 atom stereocenters. The molecule has 146 valence electrons. The summed E-state index contributed by atoms with van der Waals surface area (Å²) in [5.74, 6) is 1.20. The number of ketones is 1. The third-order valence-electron chi connectivity index (χ3n) is 4.24. The van der Waals surface area contributed by atoms with Crippen LogP contribution in [-0.2, 0) is 0 Å². The lowest BCUT2D eigenvalue weighted by atomic mass is 10.1. The van der Waals surface area contributed by atoms with Crippen LogP contribution in [0.3, 0.4) is 0 Å². The zero-order chi connectivity index (χ0) is 20.2. The molecule has 8 nitrogen and oxygen atoms in total. The number of amides is 1. The summed E-state index contributed by atoms with van der Waals surface area (Å²) in [6, 6.07) is 12.2. The smallest absolute Gasteiger partial charge is 0.258 e. The van der Waals surface area contributed by atoms with Crippen LogP contribution in [0.15, 0.2) is 54.9 Å². The van der Waals surface area contributed by atoms with Crippen LogP contribution in [0.2, 0.25) is 0 Å². The van der Waals surface area contributed by atoms with E-state index in [-0.39, 0.29) is 11.7 Å². The molecule has 2 heterocycles. The molecule has 8 heteroatoms. The van der Waals surface area contributed by atoms with Gasteiger partial charge in [0, 0.05) is 35.4 Å². The predicted molar refractivity (Wildman–Crippen MR) is 107 cm³/mol. The molecule has 4 rings (SSSR count). The molecule has 2 N–H and O–H groups in total. The van der Waals surface area contributed by atoms with E-state index in [9.17, 15) is 9.59 Å². The number of aromatic nitrogens is 2. The second-order valence-electron chi connectivity index (χ2n) is 6.37. The first-order valence-electron chi connectivity index (χ1n) is 8.99. The van der Waals surface area contributed by atoms with Crippen LogP contribution in [0.1, 0.15) is 27.6 Å². The van der Waals surface area contributed by atoms with Gasteiger partial charge in [-0.2, -0.15) is 0 Å². The van der Waals surface area contributed by atoms with Crippen LogP contribution in [0.25, 0.3) is 0 Å². The Morgan fingerprint density at radius 1 is 0.897 bits per heavy atom. The number of anilines is 3. The van der Waals surface area contributed by atoms with Gasteiger partial charge in [0.05, 0.1) is 5.56 Å². The average Bonchev–Trinajstić information content (AvgIpc) is 2.74. The van der Waals surface area contributed by atoms with Crippen LogP contribution in [0, 0.1) is 0 Å². The molecule has 29 heavy (non-hydrogen) atoms. The molecule has 0 fully saturated rings. The minimum Gasteiger partial charge on any atom is -0.486 e. The predicted octanol–water partition coefficient (Wildman–Crippen LogP) is 3.45. The zero-order valence-corrected chi connectivity index (χ0v) is 15.6. The topological polar surface area (TPSA) is 102 Å². The first-order valence-corrected chi connectivity index (χ1v) is 8.99. The maximum Gasteiger partial charge on any atom is 0.258 e. The molecular weight excluding hydrogens is 372 g/mol. The van der Waals surface area contributed by atoms with E-state index in [0.717, 1.165) is 0 Å². The Morgan fingerprint density at radius 3 is 2.41 bits per heavy atom. The van der Waals surface area contributed by atoms with Crippen molar-refractivity contribution in [2.24, 2.45) is 0 Å². The number of hydrogen-bond donors (Lipinski definition) is 2. The summed E-state index contributed by atoms with van der Waals surface area (Å²) in [6.45, 7) is 2.49. The van der Waals surface area contributed by atoms with Crippen molar-refractivity contribution in [1.29, 1.82) is 0 Å². The minimum absolute atomic E-state index is 0.0271. The van der Waals surface area contributed by atoms with Gasteiger partial charge in [0.1, 0.15) is 13.2 Å². The molecule has 1 amide bonds. The van der Waals surface area contributed by atoms with E-state index in [4.69, 9.17) is 9.47 Å². The quantitative estimate of drug-likeness (QED) is 0.643. The van der Waals surface area contributed by atoms with Gasteiger partial charge in [0.15, 0.2) is 17.3 Å². The number of carbonyl (C=O) groups is 2. The van der Waals surface area contributed by atoms with Gasteiger partial charge in [-0.3, -0.25) is 9.59 Å². The molecular formula is C21H18N4O4. The van der Waals surface area contributed by atoms with E-state index < -0.39 is 0 Å². The Balaban J connectivity index is 1.43. The van der Waals surface area contributed by atoms with E-state index in [1.165, 1.54) is 19.3 Å². The SMILES string of the molecule is CC(=O)c1cccc(Nc2ncc(C(=O)Nc3ccc4c(c3)OCCO4)cn2)c1. The van der Waals surface area contributed by atoms with E-state index in [2.05, 4.69) is 20.6 Å². The molecule has 0 unspecified atom stereocenters. The van der Waals surface area contributed by atoms with Crippen molar-refractivity contribution < 1.29 is 19.1 Å². The molecule has 0 saturated heterocycles. The lowest BCUT2D eigenvalue weighted by Crippen LogP contribution is -2.16. The largest absolute Gasteiger partial charge is 0.486 e. The fourth-order valence-corrected chi connectivity index (χ4v) is 2.78. The Labute approximate surface area is 166 Å². The van der Waals surface area contributed by atoms with E-state index >= 15 is 0 Å². The lowest BCUT2D eigenvalue weighted by molar-refractivity contribution is 0.101. The van der Waals surface area contributed by atoms with Gasteiger partial charge in [0.25, 0.3) is 5.91 Å². The monoisotopic (exact) mass is 390 g/mol. The molecule has 2 aromatic carbocycles. The van der Waals surface area contributed by atoms with E-state index in [0.29, 0.717) is 53.2 Å². The third kappa shape index (κ3) is 4.32. The number of hydrogen-bond acceptors (Lipinski definition) is 7. The maximum absolute atomic E-state index is 12.5. The van der Waals surface area contributed by atoms with Crippen LogP contribution < -0.4 is 20.1 Å². The Hall–Kier alpha value is -3.94. The number of fused-ring (bicyclic) bond motifs is 1. The molecule has 0 spiro atoms. The van der Waals surface area contributed by atoms with Crippen molar-refractivity contribution in [3.8, 4) is 11.5 Å². The number of carbonyl (C=O) groups excluding carboxylic acids is 2. The van der Waals surface area contributed by atoms with Crippen LogP contribution in [-0.4, -0.2) is 34.9 Å². The number of rotatable bonds is 5. The van der Waals surface area contributed by atoms with E-state index in [1.54, 1.807) is 42.5 Å². The number of ether oxygens (including phenoxy) is 2. The lowest BCUT2D eigenvalue weighted by Gasteiger charge is -2.19. The van der Waals surface area contributed by atoms with Crippen molar-refractivity contribution in [1.82, 2.24) is 9.97 Å². The molecule has 1 aliphatic rings. The van der Waals surface area contributed by atoms with Crippen molar-refractivity contribution >= 4 is 29.0 Å². The van der Waals surface area contributed by atoms with Gasteiger partial charge >= 0.3 is 0 Å². The minimum atomic E-state index is -0.341. The second-order valence-corrected chi connectivity index (χ2v) is 6.37. The van der Waals surface area contributed by atoms with Crippen LogP contribution in [0.4, 0.5) is 17.3 Å². The zero-order valence-electron chi connectivity index (χ0n) is 15.6. The van der Waals surface area contributed by atoms with Crippen molar-refractivity contribution in [3.63, 3.8) is 0 Å². The summed E-state index contributed by atoms with van der Waals surface area (Å²) >= 11 is 0. The average molecular weight is 390 g/mol. The maximum atomic E-state index is 12.5. The normalized spacial score (nSPS) is 12.2. The number of nitrogens with one attached hydrogen (secondary N) is 2. The summed E-state index contributed by atoms with van der Waals surface area (Å²) in [5, 5.41) is 5.80. The highest BCUT2D eigenvalue weighted by molar-refractivity contribution is 6.04. The number of benzene rings is 2. The number of Topliss-reactive ketones (excluding diaryl/α,β-unsaturated/α-hetero) is 1. The highest BCUT2D eigenvalue weighted by Crippen LogP contribution is 2.32. The Morgan fingerprint density at radius 2 is 1.66 bits per heavy atom. The summed E-state index contributed by atoms with van der Waals surface area (Å²) < 4.78 is 11.0. The van der Waals surface area contributed by atoms with Crippen LogP contribution >= 0.6 is 0 Å². The van der Waals surface area contributed by atoms with Crippen molar-refractivity contribution in [2.45, 2.75) is 6.92 Å². The van der Waals surface area contributed by atoms with Crippen molar-refractivity contribution in [2.75, 3.05) is 23.8 Å². The van der Waals surface area contributed by atoms with Gasteiger partial charge < -0.3 is 20.1 Å². The second kappa shape index (κ2) is 7.97. The summed E-state index contributed by atoms with van der Waals surface area (Å²) in [6.07, 6.45) is 2.86. The van der Waals surface area contributed by atoms with Gasteiger partial charge in [-0.1, -0.05) is 12.1 Å². The molecule has 3 aromatic rings. The molecule has 0 saturated carbocycles. The van der Waals surface area contributed by atoms with Gasteiger partial charge in [-0.25, -0.2) is 9.97 Å². The summed E-state index contributed by atoms with van der Waals surface area (Å²) in [7, 11) is 0. The number of nitrogens with zero attached hydrogens (tertiary/aromatic N) is 2. The summed E-state index contributed by atoms with van der Waals surface area (Å²) in [5.41, 5.74) is 2.17. The fraction of sp³-hybridized carbons (Fsp3) is 0.143. The van der Waals surface area contributed by atoms with Gasteiger partial charge in [-0.15, -0.1) is 0 Å². The Kier molecular flexibility index (Phi) is 5.07. The molecule has 1 aliphatic heterocycles. The first-order chi connectivity index (χ1) is 14.1. The van der Waals surface area contributed by atoms with Crippen LogP contribution in [0.5, 0.6) is 11.5 Å². The highest BCUT2D eigenvalue weighted by Gasteiger charge is 2.14. The van der Waals surface area contributed by atoms with Crippen molar-refractivity contribution in [3.05, 3.63) is 66.0 Å². The summed E-state index contributed by atoms with van der Waals surface area (Å²) in [4.78, 5) is 32.3. The molecule has 0 radical (unpaired) electrons.